The molecule has 2 rings (SSSR count). The van der Waals surface area contributed by atoms with Gasteiger partial charge in [-0.1, -0.05) is 57.2 Å². The van der Waals surface area contributed by atoms with Crippen molar-refractivity contribution in [1.82, 2.24) is 0 Å². The molecular weight excluding hydrogens is 216 g/mol. The van der Waals surface area contributed by atoms with Gasteiger partial charge in [-0.3, -0.25) is 0 Å². The van der Waals surface area contributed by atoms with Gasteiger partial charge in [0, 0.05) is 1.43 Å². The molecule has 1 aromatic carbocycles. The first-order valence-electron chi connectivity index (χ1n) is 7.44. The number of hydrogen-bond donors (Lipinski definition) is 0. The summed E-state index contributed by atoms with van der Waals surface area (Å²) in [4.78, 5) is 0. The molecule has 0 atom stereocenters. The average molecular weight is 248 g/mol. The highest BCUT2D eigenvalue weighted by atomic mass is 14.2. The lowest BCUT2D eigenvalue weighted by atomic mass is 9.84. The second kappa shape index (κ2) is 6.97. The summed E-state index contributed by atoms with van der Waals surface area (Å²) in [6.45, 7) is 13.4. The summed E-state index contributed by atoms with van der Waals surface area (Å²) in [5, 5.41) is 0. The summed E-state index contributed by atoms with van der Waals surface area (Å²) in [6.07, 6.45) is 5.89. The maximum absolute atomic E-state index is 2.37. The van der Waals surface area contributed by atoms with Crippen LogP contribution in [0.4, 0.5) is 0 Å². The SMILES string of the molecule is CC1CCC(C)CC1.Cc1cc(C)c(C)c(C)c1.[HH]. The molecule has 0 nitrogen and oxygen atoms in total. The van der Waals surface area contributed by atoms with Crippen molar-refractivity contribution < 1.29 is 1.43 Å². The van der Waals surface area contributed by atoms with E-state index in [1.807, 2.05) is 0 Å². The standard InChI is InChI=1S/C10H14.C8H16.H2/c1-7-5-8(2)10(4)9(3)6-7;1-7-3-5-8(2)6-4-7;/h5-6H,1-4H3;7-8H,3-6H2,1-2H3;1H. The summed E-state index contributed by atoms with van der Waals surface area (Å²) >= 11 is 0. The van der Waals surface area contributed by atoms with Crippen LogP contribution >= 0.6 is 0 Å². The molecule has 0 spiro atoms. The Bertz CT molecular complexity index is 340. The lowest BCUT2D eigenvalue weighted by molar-refractivity contribution is 0.308. The van der Waals surface area contributed by atoms with E-state index in [-0.39, 0.29) is 1.43 Å². The molecule has 0 aromatic heterocycles. The smallest absolute Gasteiger partial charge is 0 e. The van der Waals surface area contributed by atoms with Crippen LogP contribution in [0.15, 0.2) is 12.1 Å². The Morgan fingerprint density at radius 1 is 0.778 bits per heavy atom. The lowest BCUT2D eigenvalue weighted by Crippen LogP contribution is -2.08. The van der Waals surface area contributed by atoms with Crippen molar-refractivity contribution in [3.8, 4) is 0 Å². The topological polar surface area (TPSA) is 0 Å². The quantitative estimate of drug-likeness (QED) is 0.528. The van der Waals surface area contributed by atoms with Crippen LogP contribution in [0.25, 0.3) is 0 Å². The van der Waals surface area contributed by atoms with E-state index in [1.54, 1.807) is 0 Å². The van der Waals surface area contributed by atoms with Gasteiger partial charge in [-0.2, -0.15) is 0 Å². The van der Waals surface area contributed by atoms with Crippen molar-refractivity contribution in [3.63, 3.8) is 0 Å². The second-order valence-electron chi connectivity index (χ2n) is 6.39. The highest BCUT2D eigenvalue weighted by molar-refractivity contribution is 5.35. The van der Waals surface area contributed by atoms with Crippen LogP contribution in [-0.4, -0.2) is 0 Å². The molecule has 0 aliphatic heterocycles. The monoisotopic (exact) mass is 248 g/mol. The minimum Gasteiger partial charge on any atom is -0.0625 e. The van der Waals surface area contributed by atoms with E-state index >= 15 is 0 Å². The van der Waals surface area contributed by atoms with Crippen LogP contribution in [-0.2, 0) is 0 Å². The Hall–Kier alpha value is -0.780. The molecule has 0 N–H and O–H groups in total. The van der Waals surface area contributed by atoms with Gasteiger partial charge < -0.3 is 0 Å². The summed E-state index contributed by atoms with van der Waals surface area (Å²) in [5.74, 6) is 2.04. The van der Waals surface area contributed by atoms with Gasteiger partial charge in [-0.25, -0.2) is 0 Å². The van der Waals surface area contributed by atoms with Crippen molar-refractivity contribution >= 4 is 0 Å². The third-order valence-corrected chi connectivity index (χ3v) is 4.38. The Morgan fingerprint density at radius 2 is 1.11 bits per heavy atom. The largest absolute Gasteiger partial charge is 0.0625 e. The van der Waals surface area contributed by atoms with E-state index in [2.05, 4.69) is 53.7 Å². The van der Waals surface area contributed by atoms with E-state index in [4.69, 9.17) is 0 Å². The van der Waals surface area contributed by atoms with Gasteiger partial charge in [0.1, 0.15) is 0 Å². The second-order valence-corrected chi connectivity index (χ2v) is 6.39. The molecule has 1 saturated carbocycles. The van der Waals surface area contributed by atoms with E-state index in [1.165, 1.54) is 47.9 Å². The summed E-state index contributed by atoms with van der Waals surface area (Å²) in [5.41, 5.74) is 5.58. The van der Waals surface area contributed by atoms with Crippen LogP contribution in [0.1, 0.15) is 63.2 Å². The number of aryl methyl sites for hydroxylation is 3. The van der Waals surface area contributed by atoms with Crippen LogP contribution in [0.3, 0.4) is 0 Å². The van der Waals surface area contributed by atoms with Gasteiger partial charge in [-0.15, -0.1) is 0 Å². The zero-order valence-electron chi connectivity index (χ0n) is 13.1. The molecule has 1 fully saturated rings. The van der Waals surface area contributed by atoms with Crippen molar-refractivity contribution in [2.24, 2.45) is 11.8 Å². The van der Waals surface area contributed by atoms with E-state index in [0.29, 0.717) is 0 Å². The number of hydrogen-bond acceptors (Lipinski definition) is 0. The Balaban J connectivity index is 0.000000331. The molecule has 0 bridgehead atoms. The first-order valence-corrected chi connectivity index (χ1v) is 7.44. The first-order chi connectivity index (χ1) is 8.40. The summed E-state index contributed by atoms with van der Waals surface area (Å²) in [6, 6.07) is 4.45. The fraction of sp³-hybridized carbons (Fsp3) is 0.667. The molecule has 1 aliphatic rings. The molecule has 0 saturated heterocycles. The average Bonchev–Trinajstić information content (AvgIpc) is 2.31. The molecule has 0 amide bonds. The van der Waals surface area contributed by atoms with E-state index in [9.17, 15) is 0 Å². The molecule has 18 heavy (non-hydrogen) atoms. The van der Waals surface area contributed by atoms with Gasteiger partial charge in [0.25, 0.3) is 0 Å². The number of benzene rings is 1. The Labute approximate surface area is 115 Å². The molecule has 104 valence electrons. The van der Waals surface area contributed by atoms with Gasteiger partial charge in [-0.05, 0) is 56.2 Å². The minimum absolute atomic E-state index is 0. The van der Waals surface area contributed by atoms with Gasteiger partial charge >= 0.3 is 0 Å². The van der Waals surface area contributed by atoms with Crippen molar-refractivity contribution in [2.45, 2.75) is 67.2 Å². The summed E-state index contributed by atoms with van der Waals surface area (Å²) < 4.78 is 0. The van der Waals surface area contributed by atoms with Crippen LogP contribution < -0.4 is 0 Å². The number of rotatable bonds is 0. The maximum atomic E-state index is 2.37. The highest BCUT2D eigenvalue weighted by Crippen LogP contribution is 2.27. The molecule has 0 heteroatoms. The predicted molar refractivity (Wildman–Crippen MR) is 84.3 cm³/mol. The fourth-order valence-corrected chi connectivity index (χ4v) is 2.68. The molecular formula is C18H32. The zero-order chi connectivity index (χ0) is 13.7. The lowest BCUT2D eigenvalue weighted by Gasteiger charge is -2.22. The van der Waals surface area contributed by atoms with Crippen molar-refractivity contribution in [1.29, 1.82) is 0 Å². The van der Waals surface area contributed by atoms with Crippen LogP contribution in [0.5, 0.6) is 0 Å². The van der Waals surface area contributed by atoms with Crippen LogP contribution in [0, 0.1) is 39.5 Å². The minimum atomic E-state index is 0. The maximum Gasteiger partial charge on any atom is 0 e. The highest BCUT2D eigenvalue weighted by Gasteiger charge is 2.13. The molecule has 0 heterocycles. The third-order valence-electron chi connectivity index (χ3n) is 4.38. The predicted octanol–water partition coefficient (Wildman–Crippen LogP) is 6.00. The van der Waals surface area contributed by atoms with Gasteiger partial charge in [0.2, 0.25) is 0 Å². The van der Waals surface area contributed by atoms with E-state index in [0.717, 1.165) is 11.8 Å². The van der Waals surface area contributed by atoms with Crippen molar-refractivity contribution in [2.75, 3.05) is 0 Å². The normalized spacial score (nSPS) is 23.2. The molecule has 0 radical (unpaired) electrons. The van der Waals surface area contributed by atoms with E-state index < -0.39 is 0 Å². The summed E-state index contributed by atoms with van der Waals surface area (Å²) in [7, 11) is 0. The molecule has 0 unspecified atom stereocenters. The van der Waals surface area contributed by atoms with Crippen molar-refractivity contribution in [3.05, 3.63) is 34.4 Å². The Morgan fingerprint density at radius 3 is 1.44 bits per heavy atom. The first kappa shape index (κ1) is 15.3. The Kier molecular flexibility index (Phi) is 5.91. The molecule has 1 aliphatic carbocycles. The van der Waals surface area contributed by atoms with Gasteiger partial charge in [0.05, 0.1) is 0 Å². The third kappa shape index (κ3) is 4.84. The fourth-order valence-electron chi connectivity index (χ4n) is 2.68. The van der Waals surface area contributed by atoms with Gasteiger partial charge in [0.15, 0.2) is 0 Å². The van der Waals surface area contributed by atoms with Crippen LogP contribution in [0.2, 0.25) is 0 Å². The zero-order valence-corrected chi connectivity index (χ0v) is 13.1. The molecule has 1 aromatic rings.